The third-order valence-corrected chi connectivity index (χ3v) is 3.11. The predicted molar refractivity (Wildman–Crippen MR) is 60.7 cm³/mol. The van der Waals surface area contributed by atoms with E-state index < -0.39 is 21.9 Å². The minimum absolute atomic E-state index is 0.0659. The molecule has 1 unspecified atom stereocenters. The summed E-state index contributed by atoms with van der Waals surface area (Å²) < 4.78 is 27.6. The summed E-state index contributed by atoms with van der Waals surface area (Å²) in [6.45, 7) is -0.196. The van der Waals surface area contributed by atoms with Crippen molar-refractivity contribution in [1.82, 2.24) is 0 Å². The number of carbonyl (C=O) groups is 1. The molecule has 7 heteroatoms. The van der Waals surface area contributed by atoms with Gasteiger partial charge in [-0.1, -0.05) is 6.07 Å². The maximum Gasteiger partial charge on any atom is 0.346 e. The molecule has 0 saturated carbocycles. The van der Waals surface area contributed by atoms with Crippen LogP contribution in [0.4, 0.5) is 0 Å². The predicted octanol–water partition coefficient (Wildman–Crippen LogP) is -0.119. The Labute approximate surface area is 98.9 Å². The number of ether oxygens (including phenoxy) is 1. The highest BCUT2D eigenvalue weighted by Gasteiger charge is 2.18. The largest absolute Gasteiger partial charge is 0.478 e. The molecule has 1 atom stereocenters. The van der Waals surface area contributed by atoms with E-state index in [1.807, 2.05) is 0 Å². The SMILES string of the molecule is CS(=O)(=O)c1cccc(OC(CN)C(=O)O)c1. The number of rotatable bonds is 5. The van der Waals surface area contributed by atoms with Gasteiger partial charge in [0.25, 0.3) is 0 Å². The smallest absolute Gasteiger partial charge is 0.346 e. The van der Waals surface area contributed by atoms with E-state index in [1.54, 1.807) is 0 Å². The van der Waals surface area contributed by atoms with Crippen molar-refractivity contribution in [3.63, 3.8) is 0 Å². The van der Waals surface area contributed by atoms with Gasteiger partial charge in [0, 0.05) is 12.8 Å². The molecule has 0 amide bonds. The molecule has 94 valence electrons. The molecule has 3 N–H and O–H groups in total. The fourth-order valence-electron chi connectivity index (χ4n) is 1.14. The van der Waals surface area contributed by atoms with Crippen LogP contribution in [0.1, 0.15) is 0 Å². The van der Waals surface area contributed by atoms with Gasteiger partial charge in [-0.2, -0.15) is 0 Å². The first-order valence-electron chi connectivity index (χ1n) is 4.74. The van der Waals surface area contributed by atoms with Crippen LogP contribution in [0.5, 0.6) is 5.75 Å². The average Bonchev–Trinajstić information content (AvgIpc) is 2.24. The number of benzene rings is 1. The molecule has 0 radical (unpaired) electrons. The summed E-state index contributed by atoms with van der Waals surface area (Å²) >= 11 is 0. The number of hydrogen-bond donors (Lipinski definition) is 2. The van der Waals surface area contributed by atoms with Gasteiger partial charge >= 0.3 is 5.97 Å². The molecule has 0 fully saturated rings. The normalized spacial score (nSPS) is 13.1. The molecular weight excluding hydrogens is 246 g/mol. The Morgan fingerprint density at radius 3 is 2.65 bits per heavy atom. The molecule has 1 aromatic rings. The Morgan fingerprint density at radius 1 is 1.53 bits per heavy atom. The molecule has 0 aliphatic carbocycles. The minimum atomic E-state index is -3.35. The van der Waals surface area contributed by atoms with Crippen LogP contribution in [0.25, 0.3) is 0 Å². The highest BCUT2D eigenvalue weighted by atomic mass is 32.2. The molecule has 0 bridgehead atoms. The molecule has 1 rings (SSSR count). The van der Waals surface area contributed by atoms with Crippen molar-refractivity contribution in [2.75, 3.05) is 12.8 Å². The maximum atomic E-state index is 11.3. The van der Waals surface area contributed by atoms with Gasteiger partial charge in [0.2, 0.25) is 6.10 Å². The fourth-order valence-corrected chi connectivity index (χ4v) is 1.80. The zero-order valence-corrected chi connectivity index (χ0v) is 9.98. The monoisotopic (exact) mass is 259 g/mol. The van der Waals surface area contributed by atoms with E-state index in [2.05, 4.69) is 0 Å². The van der Waals surface area contributed by atoms with Crippen molar-refractivity contribution in [2.45, 2.75) is 11.0 Å². The van der Waals surface area contributed by atoms with Crippen molar-refractivity contribution >= 4 is 15.8 Å². The van der Waals surface area contributed by atoms with E-state index in [0.29, 0.717) is 0 Å². The van der Waals surface area contributed by atoms with Crippen molar-refractivity contribution in [3.8, 4) is 5.75 Å². The summed E-state index contributed by atoms with van der Waals surface area (Å²) in [7, 11) is -3.35. The summed E-state index contributed by atoms with van der Waals surface area (Å²) in [6.07, 6.45) is -0.131. The molecular formula is C10H13NO5S. The van der Waals surface area contributed by atoms with Gasteiger partial charge in [0.15, 0.2) is 9.84 Å². The second-order valence-electron chi connectivity index (χ2n) is 3.43. The van der Waals surface area contributed by atoms with Gasteiger partial charge in [0.05, 0.1) is 4.90 Å². The Morgan fingerprint density at radius 2 is 2.18 bits per heavy atom. The van der Waals surface area contributed by atoms with Crippen LogP contribution in [0.2, 0.25) is 0 Å². The number of carboxylic acid groups (broad SMARTS) is 1. The van der Waals surface area contributed by atoms with Crippen LogP contribution in [-0.4, -0.2) is 38.4 Å². The second-order valence-corrected chi connectivity index (χ2v) is 5.44. The third-order valence-electron chi connectivity index (χ3n) is 2.00. The van der Waals surface area contributed by atoms with Crippen LogP contribution in [0.3, 0.4) is 0 Å². The van der Waals surface area contributed by atoms with E-state index in [9.17, 15) is 13.2 Å². The van der Waals surface area contributed by atoms with Gasteiger partial charge in [-0.3, -0.25) is 0 Å². The topological polar surface area (TPSA) is 107 Å². The lowest BCUT2D eigenvalue weighted by atomic mass is 10.3. The molecule has 0 aliphatic rings. The molecule has 0 spiro atoms. The fraction of sp³-hybridized carbons (Fsp3) is 0.300. The van der Waals surface area contributed by atoms with Crippen LogP contribution in [0.15, 0.2) is 29.2 Å². The lowest BCUT2D eigenvalue weighted by Gasteiger charge is -2.13. The summed E-state index contributed by atoms with van der Waals surface area (Å²) in [6, 6.07) is 5.61. The van der Waals surface area contributed by atoms with Gasteiger partial charge in [-0.15, -0.1) is 0 Å². The zero-order valence-electron chi connectivity index (χ0n) is 9.16. The van der Waals surface area contributed by atoms with Crippen LogP contribution in [0, 0.1) is 0 Å². The van der Waals surface area contributed by atoms with Crippen molar-refractivity contribution < 1.29 is 23.1 Å². The number of sulfone groups is 1. The lowest BCUT2D eigenvalue weighted by Crippen LogP contribution is -2.34. The average molecular weight is 259 g/mol. The van der Waals surface area contributed by atoms with Crippen molar-refractivity contribution in [2.24, 2.45) is 5.73 Å². The number of carboxylic acids is 1. The van der Waals surface area contributed by atoms with E-state index in [-0.39, 0.29) is 17.2 Å². The minimum Gasteiger partial charge on any atom is -0.478 e. The quantitative estimate of drug-likeness (QED) is 0.763. The van der Waals surface area contributed by atoms with E-state index in [0.717, 1.165) is 6.26 Å². The van der Waals surface area contributed by atoms with Crippen LogP contribution in [-0.2, 0) is 14.6 Å². The molecule has 0 heterocycles. The number of nitrogens with two attached hydrogens (primary N) is 1. The van der Waals surface area contributed by atoms with E-state index >= 15 is 0 Å². The second kappa shape index (κ2) is 5.15. The first kappa shape index (κ1) is 13.5. The first-order valence-corrected chi connectivity index (χ1v) is 6.63. The van der Waals surface area contributed by atoms with Gasteiger partial charge in [0.1, 0.15) is 5.75 Å². The molecule has 17 heavy (non-hydrogen) atoms. The summed E-state index contributed by atoms with van der Waals surface area (Å²) in [5.41, 5.74) is 5.22. The van der Waals surface area contributed by atoms with E-state index in [1.165, 1.54) is 24.3 Å². The molecule has 0 saturated heterocycles. The standard InChI is InChI=1S/C10H13NO5S/c1-17(14,15)8-4-2-3-7(5-8)16-9(6-11)10(12)13/h2-5,9H,6,11H2,1H3,(H,12,13). The molecule has 0 aliphatic heterocycles. The van der Waals surface area contributed by atoms with Crippen molar-refractivity contribution in [3.05, 3.63) is 24.3 Å². The highest BCUT2D eigenvalue weighted by Crippen LogP contribution is 2.18. The van der Waals surface area contributed by atoms with Crippen molar-refractivity contribution in [1.29, 1.82) is 0 Å². The Balaban J connectivity index is 2.97. The Hall–Kier alpha value is -1.60. The number of hydrogen-bond acceptors (Lipinski definition) is 5. The van der Waals surface area contributed by atoms with E-state index in [4.69, 9.17) is 15.6 Å². The van der Waals surface area contributed by atoms with Gasteiger partial charge in [-0.05, 0) is 18.2 Å². The first-order chi connectivity index (χ1) is 7.84. The molecule has 6 nitrogen and oxygen atoms in total. The van der Waals surface area contributed by atoms with Gasteiger partial charge in [-0.25, -0.2) is 13.2 Å². The maximum absolute atomic E-state index is 11.3. The number of aliphatic carboxylic acids is 1. The third kappa shape index (κ3) is 3.72. The van der Waals surface area contributed by atoms with Crippen LogP contribution >= 0.6 is 0 Å². The summed E-state index contributed by atoms with van der Waals surface area (Å²) in [4.78, 5) is 10.8. The highest BCUT2D eigenvalue weighted by molar-refractivity contribution is 7.90. The molecule has 1 aromatic carbocycles. The Kier molecular flexibility index (Phi) is 4.08. The van der Waals surface area contributed by atoms with Gasteiger partial charge < -0.3 is 15.6 Å². The lowest BCUT2D eigenvalue weighted by molar-refractivity contribution is -0.144. The van der Waals surface area contributed by atoms with Crippen LogP contribution < -0.4 is 10.5 Å². The summed E-state index contributed by atoms with van der Waals surface area (Å²) in [5.74, 6) is -1.04. The Bertz CT molecular complexity index is 511. The summed E-state index contributed by atoms with van der Waals surface area (Å²) in [5, 5.41) is 8.74. The molecule has 0 aromatic heterocycles. The zero-order chi connectivity index (χ0) is 13.1.